The van der Waals surface area contributed by atoms with Crippen LogP contribution in [0, 0.1) is 0 Å². The van der Waals surface area contributed by atoms with E-state index in [4.69, 9.17) is 4.74 Å². The van der Waals surface area contributed by atoms with E-state index in [9.17, 15) is 14.4 Å². The summed E-state index contributed by atoms with van der Waals surface area (Å²) in [5.74, 6) is -0.979. The normalized spacial score (nSPS) is 12.2. The summed E-state index contributed by atoms with van der Waals surface area (Å²) in [5.41, 5.74) is 2.01. The number of ether oxygens (including phenoxy) is 1. The number of carbonyl (C=O) groups excluding carboxylic acids is 3. The molecule has 3 N–H and O–H groups in total. The first-order chi connectivity index (χ1) is 16.1. The van der Waals surface area contributed by atoms with Gasteiger partial charge in [0.1, 0.15) is 6.04 Å². The topological polar surface area (TPSA) is 109 Å². The van der Waals surface area contributed by atoms with Crippen molar-refractivity contribution < 1.29 is 19.1 Å². The van der Waals surface area contributed by atoms with Gasteiger partial charge in [0, 0.05) is 24.5 Å². The van der Waals surface area contributed by atoms with E-state index < -0.39 is 30.0 Å². The van der Waals surface area contributed by atoms with Gasteiger partial charge in [-0.2, -0.15) is 0 Å². The zero-order chi connectivity index (χ0) is 23.5. The molecule has 3 aromatic rings. The molecule has 0 saturated heterocycles. The van der Waals surface area contributed by atoms with Crippen LogP contribution in [-0.4, -0.2) is 35.5 Å². The van der Waals surface area contributed by atoms with Gasteiger partial charge in [0.25, 0.3) is 0 Å². The molecule has 8 heteroatoms. The number of aromatic nitrogens is 1. The molecule has 2 atom stereocenters. The smallest absolute Gasteiger partial charge is 0.333 e. The molecule has 0 radical (unpaired) electrons. The quantitative estimate of drug-likeness (QED) is 0.437. The van der Waals surface area contributed by atoms with Crippen molar-refractivity contribution in [3.05, 3.63) is 96.3 Å². The molecule has 3 amide bonds. The second-order valence-corrected chi connectivity index (χ2v) is 7.18. The maximum atomic E-state index is 13.0. The van der Waals surface area contributed by atoms with E-state index in [0.29, 0.717) is 11.3 Å². The Kier molecular flexibility index (Phi) is 8.53. The van der Waals surface area contributed by atoms with Crippen LogP contribution in [0.25, 0.3) is 0 Å². The van der Waals surface area contributed by atoms with Crippen LogP contribution in [0.3, 0.4) is 0 Å². The second-order valence-electron chi connectivity index (χ2n) is 7.18. The zero-order valence-electron chi connectivity index (χ0n) is 18.2. The molecule has 170 valence electrons. The largest absolute Gasteiger partial charge is 0.464 e. The molecule has 0 saturated carbocycles. The number of urea groups is 1. The van der Waals surface area contributed by atoms with Crippen LogP contribution in [0.5, 0.6) is 0 Å². The highest BCUT2D eigenvalue weighted by molar-refractivity contribution is 5.97. The van der Waals surface area contributed by atoms with E-state index in [-0.39, 0.29) is 13.0 Å². The number of hydrogen-bond acceptors (Lipinski definition) is 5. The van der Waals surface area contributed by atoms with E-state index in [2.05, 4.69) is 20.9 Å². The van der Waals surface area contributed by atoms with E-state index in [1.54, 1.807) is 55.7 Å². The van der Waals surface area contributed by atoms with Gasteiger partial charge in [-0.3, -0.25) is 9.78 Å². The summed E-state index contributed by atoms with van der Waals surface area (Å²) in [6, 6.07) is 18.9. The van der Waals surface area contributed by atoms with Crippen molar-refractivity contribution in [2.75, 3.05) is 11.9 Å². The Morgan fingerprint density at radius 1 is 0.879 bits per heavy atom. The van der Waals surface area contributed by atoms with Crippen molar-refractivity contribution in [1.29, 1.82) is 0 Å². The van der Waals surface area contributed by atoms with Crippen LogP contribution in [-0.2, 0) is 20.7 Å². The minimum absolute atomic E-state index is 0.177. The Bertz CT molecular complexity index is 1050. The van der Waals surface area contributed by atoms with Gasteiger partial charge in [-0.05, 0) is 30.2 Å². The molecule has 0 aliphatic rings. The summed E-state index contributed by atoms with van der Waals surface area (Å²) in [7, 11) is 0. The third-order valence-electron chi connectivity index (χ3n) is 4.78. The number of pyridine rings is 1. The van der Waals surface area contributed by atoms with E-state index in [1.165, 1.54) is 0 Å². The first-order valence-electron chi connectivity index (χ1n) is 10.6. The minimum atomic E-state index is -1.01. The Morgan fingerprint density at radius 3 is 2.15 bits per heavy atom. The number of nitrogens with zero attached hydrogens (tertiary/aromatic N) is 1. The number of benzene rings is 2. The van der Waals surface area contributed by atoms with Gasteiger partial charge in [0.05, 0.1) is 6.61 Å². The first-order valence-corrected chi connectivity index (χ1v) is 10.6. The van der Waals surface area contributed by atoms with Gasteiger partial charge < -0.3 is 20.7 Å². The molecule has 0 aliphatic carbocycles. The number of carbonyl (C=O) groups is 3. The molecule has 33 heavy (non-hydrogen) atoms. The first kappa shape index (κ1) is 23.5. The summed E-state index contributed by atoms with van der Waals surface area (Å²) < 4.78 is 5.12. The third-order valence-corrected chi connectivity index (χ3v) is 4.78. The van der Waals surface area contributed by atoms with Crippen LogP contribution in [0.15, 0.2) is 85.2 Å². The summed E-state index contributed by atoms with van der Waals surface area (Å²) in [6.45, 7) is 1.87. The van der Waals surface area contributed by atoms with Crippen LogP contribution in [0.1, 0.15) is 24.1 Å². The highest BCUT2D eigenvalue weighted by atomic mass is 16.5. The lowest BCUT2D eigenvalue weighted by Gasteiger charge is -2.22. The molecular formula is C25H26N4O4. The molecular weight excluding hydrogens is 420 g/mol. The fourth-order valence-corrected chi connectivity index (χ4v) is 3.20. The van der Waals surface area contributed by atoms with Crippen LogP contribution >= 0.6 is 0 Å². The number of hydrogen-bond donors (Lipinski definition) is 3. The van der Waals surface area contributed by atoms with Gasteiger partial charge in [0.15, 0.2) is 6.04 Å². The second kappa shape index (κ2) is 12.0. The molecule has 0 fully saturated rings. The van der Waals surface area contributed by atoms with E-state index in [1.807, 2.05) is 36.4 Å². The maximum absolute atomic E-state index is 13.0. The summed E-state index contributed by atoms with van der Waals surface area (Å²) in [6.07, 6.45) is 3.39. The average molecular weight is 447 g/mol. The molecule has 1 heterocycles. The monoisotopic (exact) mass is 446 g/mol. The summed E-state index contributed by atoms with van der Waals surface area (Å²) >= 11 is 0. The van der Waals surface area contributed by atoms with Crippen molar-refractivity contribution in [3.63, 3.8) is 0 Å². The lowest BCUT2D eigenvalue weighted by Crippen LogP contribution is -2.50. The van der Waals surface area contributed by atoms with E-state index in [0.717, 1.165) is 5.56 Å². The number of anilines is 1. The maximum Gasteiger partial charge on any atom is 0.333 e. The lowest BCUT2D eigenvalue weighted by molar-refractivity contribution is -0.145. The number of amides is 3. The van der Waals surface area contributed by atoms with Crippen LogP contribution < -0.4 is 16.0 Å². The van der Waals surface area contributed by atoms with Crippen molar-refractivity contribution in [2.45, 2.75) is 25.4 Å². The Balaban J connectivity index is 1.76. The number of rotatable bonds is 9. The van der Waals surface area contributed by atoms with Crippen LogP contribution in [0.4, 0.5) is 10.5 Å². The third kappa shape index (κ3) is 7.17. The van der Waals surface area contributed by atoms with Crippen molar-refractivity contribution >= 4 is 23.6 Å². The zero-order valence-corrected chi connectivity index (χ0v) is 18.2. The fourth-order valence-electron chi connectivity index (χ4n) is 3.20. The highest BCUT2D eigenvalue weighted by Crippen LogP contribution is 2.15. The van der Waals surface area contributed by atoms with Crippen molar-refractivity contribution in [1.82, 2.24) is 15.6 Å². The summed E-state index contributed by atoms with van der Waals surface area (Å²) in [5, 5.41) is 8.12. The van der Waals surface area contributed by atoms with Gasteiger partial charge in [-0.25, -0.2) is 9.59 Å². The lowest BCUT2D eigenvalue weighted by atomic mass is 10.0. The summed E-state index contributed by atoms with van der Waals surface area (Å²) in [4.78, 5) is 42.3. The predicted molar refractivity (Wildman–Crippen MR) is 124 cm³/mol. The van der Waals surface area contributed by atoms with Gasteiger partial charge >= 0.3 is 12.0 Å². The predicted octanol–water partition coefficient (Wildman–Crippen LogP) is 3.24. The fraction of sp³-hybridized carbons (Fsp3) is 0.200. The minimum Gasteiger partial charge on any atom is -0.464 e. The standard InChI is InChI=1S/C25H26N4O4/c1-2-33-24(31)22(19-11-7-4-8-12-19)29-25(32)28-21(17-18-9-5-3-6-10-18)23(30)27-20-13-15-26-16-14-20/h3-16,21-22H,2,17H2,1H3,(H,26,27,30)(H2,28,29,32)/t21?,22-/m1/s1. The van der Waals surface area contributed by atoms with Gasteiger partial charge in [0.2, 0.25) is 5.91 Å². The Morgan fingerprint density at radius 2 is 1.52 bits per heavy atom. The molecule has 0 bridgehead atoms. The van der Waals surface area contributed by atoms with Gasteiger partial charge in [-0.15, -0.1) is 0 Å². The highest BCUT2D eigenvalue weighted by Gasteiger charge is 2.27. The van der Waals surface area contributed by atoms with E-state index >= 15 is 0 Å². The average Bonchev–Trinajstić information content (AvgIpc) is 2.84. The molecule has 1 aromatic heterocycles. The molecule has 1 unspecified atom stereocenters. The van der Waals surface area contributed by atoms with Crippen LogP contribution in [0.2, 0.25) is 0 Å². The van der Waals surface area contributed by atoms with Crippen molar-refractivity contribution in [2.24, 2.45) is 0 Å². The molecule has 8 nitrogen and oxygen atoms in total. The number of esters is 1. The molecule has 3 rings (SSSR count). The Hall–Kier alpha value is -4.20. The molecule has 2 aromatic carbocycles. The number of nitrogens with one attached hydrogen (secondary N) is 3. The van der Waals surface area contributed by atoms with Crippen molar-refractivity contribution in [3.8, 4) is 0 Å². The molecule has 0 spiro atoms. The molecule has 0 aliphatic heterocycles. The SMILES string of the molecule is CCOC(=O)[C@H](NC(=O)NC(Cc1ccccc1)C(=O)Nc1ccncc1)c1ccccc1. The van der Waals surface area contributed by atoms with Gasteiger partial charge in [-0.1, -0.05) is 60.7 Å². The Labute approximate surface area is 192 Å².